The molecule has 14 heavy (non-hydrogen) atoms. The maximum Gasteiger partial charge on any atom is 0.240 e. The molecule has 4 nitrogen and oxygen atoms in total. The van der Waals surface area contributed by atoms with Crippen LogP contribution in [0.5, 0.6) is 0 Å². The molecule has 0 saturated heterocycles. The van der Waals surface area contributed by atoms with Gasteiger partial charge in [0.25, 0.3) is 0 Å². The highest BCUT2D eigenvalue weighted by Gasteiger charge is 2.08. The van der Waals surface area contributed by atoms with Gasteiger partial charge in [0.1, 0.15) is 21.6 Å². The van der Waals surface area contributed by atoms with E-state index in [1.807, 2.05) is 23.6 Å². The first-order valence-electron chi connectivity index (χ1n) is 3.95. The van der Waals surface area contributed by atoms with E-state index in [4.69, 9.17) is 0 Å². The average molecular weight is 252 g/mol. The molecule has 0 radical (unpaired) electrons. The van der Waals surface area contributed by atoms with Crippen molar-refractivity contribution in [2.75, 3.05) is 0 Å². The summed E-state index contributed by atoms with van der Waals surface area (Å²) in [7, 11) is 0. The molecule has 0 atom stereocenters. The first-order valence-corrected chi connectivity index (χ1v) is 4.74. The SMILES string of the molecule is Cc1nc(Br)c2c(N=C=O)cccn12. The summed E-state index contributed by atoms with van der Waals surface area (Å²) in [6, 6.07) is 3.55. The van der Waals surface area contributed by atoms with Crippen molar-refractivity contribution in [2.45, 2.75) is 6.92 Å². The minimum atomic E-state index is 0.565. The lowest BCUT2D eigenvalue weighted by molar-refractivity contribution is 0.565. The summed E-state index contributed by atoms with van der Waals surface area (Å²) in [5.74, 6) is 0.842. The van der Waals surface area contributed by atoms with E-state index >= 15 is 0 Å². The molecule has 0 amide bonds. The maximum atomic E-state index is 10.2. The van der Waals surface area contributed by atoms with Gasteiger partial charge in [0.2, 0.25) is 6.08 Å². The van der Waals surface area contributed by atoms with Crippen LogP contribution in [0.15, 0.2) is 27.9 Å². The van der Waals surface area contributed by atoms with Crippen molar-refractivity contribution in [1.29, 1.82) is 0 Å². The van der Waals surface area contributed by atoms with Crippen molar-refractivity contribution >= 4 is 33.2 Å². The number of nitrogens with zero attached hydrogens (tertiary/aromatic N) is 3. The Morgan fingerprint density at radius 2 is 2.43 bits per heavy atom. The first kappa shape index (κ1) is 9.12. The molecule has 0 aliphatic heterocycles. The molecule has 0 unspecified atom stereocenters. The Morgan fingerprint density at radius 1 is 1.64 bits per heavy atom. The van der Waals surface area contributed by atoms with Gasteiger partial charge in [-0.15, -0.1) is 0 Å². The fraction of sp³-hybridized carbons (Fsp3) is 0.111. The normalized spacial score (nSPS) is 10.1. The molecule has 0 aliphatic carbocycles. The van der Waals surface area contributed by atoms with E-state index in [-0.39, 0.29) is 0 Å². The van der Waals surface area contributed by atoms with Crippen LogP contribution in [0.1, 0.15) is 5.82 Å². The molecule has 0 aromatic carbocycles. The predicted molar refractivity (Wildman–Crippen MR) is 55.4 cm³/mol. The lowest BCUT2D eigenvalue weighted by atomic mass is 10.3. The van der Waals surface area contributed by atoms with Crippen LogP contribution in [0.4, 0.5) is 5.69 Å². The van der Waals surface area contributed by atoms with Gasteiger partial charge < -0.3 is 4.40 Å². The average Bonchev–Trinajstić information content (AvgIpc) is 2.44. The van der Waals surface area contributed by atoms with Gasteiger partial charge in [-0.3, -0.25) is 0 Å². The van der Waals surface area contributed by atoms with Gasteiger partial charge in [0.15, 0.2) is 0 Å². The van der Waals surface area contributed by atoms with Gasteiger partial charge in [-0.25, -0.2) is 9.78 Å². The van der Waals surface area contributed by atoms with Crippen molar-refractivity contribution in [2.24, 2.45) is 4.99 Å². The molecule has 0 saturated carbocycles. The number of aryl methyl sites for hydroxylation is 1. The van der Waals surface area contributed by atoms with Crippen molar-refractivity contribution in [3.8, 4) is 0 Å². The Morgan fingerprint density at radius 3 is 3.14 bits per heavy atom. The minimum Gasteiger partial charge on any atom is -0.301 e. The van der Waals surface area contributed by atoms with Crippen molar-refractivity contribution in [1.82, 2.24) is 9.38 Å². The third-order valence-electron chi connectivity index (χ3n) is 1.94. The molecule has 0 N–H and O–H groups in total. The lowest BCUT2D eigenvalue weighted by Crippen LogP contribution is -1.85. The Hall–Kier alpha value is -1.45. The second-order valence-corrected chi connectivity index (χ2v) is 3.52. The van der Waals surface area contributed by atoms with Crippen molar-refractivity contribution < 1.29 is 4.79 Å². The summed E-state index contributed by atoms with van der Waals surface area (Å²) in [4.78, 5) is 18.0. The highest BCUT2D eigenvalue weighted by molar-refractivity contribution is 9.10. The fourth-order valence-corrected chi connectivity index (χ4v) is 2.01. The topological polar surface area (TPSA) is 46.7 Å². The third-order valence-corrected chi connectivity index (χ3v) is 2.50. The molecule has 0 fully saturated rings. The summed E-state index contributed by atoms with van der Waals surface area (Å²) < 4.78 is 2.55. The largest absolute Gasteiger partial charge is 0.301 e. The van der Waals surface area contributed by atoms with Crippen LogP contribution in [0, 0.1) is 6.92 Å². The second-order valence-electron chi connectivity index (χ2n) is 2.76. The molecule has 2 rings (SSSR count). The number of rotatable bonds is 1. The lowest BCUT2D eigenvalue weighted by Gasteiger charge is -1.97. The van der Waals surface area contributed by atoms with Crippen LogP contribution < -0.4 is 0 Å². The molecule has 70 valence electrons. The van der Waals surface area contributed by atoms with Crippen LogP contribution >= 0.6 is 15.9 Å². The third kappa shape index (κ3) is 1.27. The molecular formula is C9H6BrN3O. The molecule has 2 aromatic rings. The Labute approximate surface area is 88.4 Å². The zero-order valence-electron chi connectivity index (χ0n) is 7.36. The van der Waals surface area contributed by atoms with E-state index in [0.717, 1.165) is 11.3 Å². The number of isocyanates is 1. The summed E-state index contributed by atoms with van der Waals surface area (Å²) in [6.07, 6.45) is 3.39. The number of fused-ring (bicyclic) bond motifs is 1. The standard InChI is InChI=1S/C9H6BrN3O/c1-6-12-9(10)8-7(11-5-14)3-2-4-13(6)8/h2-4H,1H3. The Bertz CT molecular complexity index is 540. The van der Waals surface area contributed by atoms with Crippen LogP contribution in [0.3, 0.4) is 0 Å². The van der Waals surface area contributed by atoms with E-state index in [9.17, 15) is 4.79 Å². The van der Waals surface area contributed by atoms with Gasteiger partial charge in [0.05, 0.1) is 0 Å². The van der Waals surface area contributed by atoms with Gasteiger partial charge in [-0.05, 0) is 35.0 Å². The molecule has 2 aromatic heterocycles. The van der Waals surface area contributed by atoms with Gasteiger partial charge in [-0.2, -0.15) is 4.99 Å². The first-order chi connectivity index (χ1) is 6.74. The highest BCUT2D eigenvalue weighted by Crippen LogP contribution is 2.27. The smallest absolute Gasteiger partial charge is 0.240 e. The number of aromatic nitrogens is 2. The number of imidazole rings is 1. The van der Waals surface area contributed by atoms with Crippen LogP contribution in [0.2, 0.25) is 0 Å². The fourth-order valence-electron chi connectivity index (χ4n) is 1.36. The summed E-state index contributed by atoms with van der Waals surface area (Å²) >= 11 is 3.32. The van der Waals surface area contributed by atoms with Crippen LogP contribution in [0.25, 0.3) is 5.52 Å². The molecule has 0 aliphatic rings. The summed E-state index contributed by atoms with van der Waals surface area (Å²) in [5, 5.41) is 0. The minimum absolute atomic E-state index is 0.565. The molecule has 2 heterocycles. The Kier molecular flexibility index (Phi) is 2.19. The number of aliphatic imine (C=N–C) groups is 1. The molecule has 0 spiro atoms. The van der Waals surface area contributed by atoms with Crippen LogP contribution in [-0.4, -0.2) is 15.5 Å². The predicted octanol–water partition coefficient (Wildman–Crippen LogP) is 2.37. The number of halogens is 1. The Balaban J connectivity index is 2.91. The maximum absolute atomic E-state index is 10.2. The number of pyridine rings is 1. The molecule has 0 bridgehead atoms. The van der Waals surface area contributed by atoms with Crippen LogP contribution in [-0.2, 0) is 4.79 Å². The van der Waals surface area contributed by atoms with E-state index in [2.05, 4.69) is 25.9 Å². The summed E-state index contributed by atoms with van der Waals surface area (Å²) in [5.41, 5.74) is 1.35. The highest BCUT2D eigenvalue weighted by atomic mass is 79.9. The van der Waals surface area contributed by atoms with E-state index in [0.29, 0.717) is 10.3 Å². The van der Waals surface area contributed by atoms with Crippen molar-refractivity contribution in [3.63, 3.8) is 0 Å². The number of carbonyl (C=O) groups excluding carboxylic acids is 1. The monoisotopic (exact) mass is 251 g/mol. The van der Waals surface area contributed by atoms with Gasteiger partial charge in [0, 0.05) is 6.20 Å². The second kappa shape index (κ2) is 3.36. The number of hydrogen-bond acceptors (Lipinski definition) is 3. The molecule has 5 heteroatoms. The van der Waals surface area contributed by atoms with E-state index in [1.165, 1.54) is 6.08 Å². The van der Waals surface area contributed by atoms with E-state index in [1.54, 1.807) is 6.07 Å². The number of hydrogen-bond donors (Lipinski definition) is 0. The van der Waals surface area contributed by atoms with E-state index < -0.39 is 0 Å². The zero-order chi connectivity index (χ0) is 10.1. The quantitative estimate of drug-likeness (QED) is 0.577. The van der Waals surface area contributed by atoms with Gasteiger partial charge in [-0.1, -0.05) is 0 Å². The van der Waals surface area contributed by atoms with Crippen molar-refractivity contribution in [3.05, 3.63) is 28.8 Å². The zero-order valence-corrected chi connectivity index (χ0v) is 8.95. The van der Waals surface area contributed by atoms with Gasteiger partial charge >= 0.3 is 0 Å². The molecular weight excluding hydrogens is 246 g/mol. The summed E-state index contributed by atoms with van der Waals surface area (Å²) in [6.45, 7) is 1.88.